The number of anilines is 1. The third-order valence-electron chi connectivity index (χ3n) is 6.46. The molecule has 3 aromatic rings. The fraction of sp³-hybridized carbons (Fsp3) is 0.391. The van der Waals surface area contributed by atoms with E-state index < -0.39 is 15.9 Å². The Bertz CT molecular complexity index is 1250. The molecule has 2 aromatic heterocycles. The van der Waals surface area contributed by atoms with Crippen LogP contribution in [0.4, 0.5) is 10.1 Å². The third kappa shape index (κ3) is 4.32. The van der Waals surface area contributed by atoms with E-state index in [4.69, 9.17) is 4.42 Å². The number of carbonyl (C=O) groups is 1. The summed E-state index contributed by atoms with van der Waals surface area (Å²) < 4.78 is 47.4. The van der Waals surface area contributed by atoms with Gasteiger partial charge in [0.05, 0.1) is 11.6 Å². The molecule has 1 amide bonds. The smallest absolute Gasteiger partial charge is 0.276 e. The molecule has 0 spiro atoms. The number of nitrogens with zero attached hydrogens (tertiary/aromatic N) is 4. The third-order valence-corrected chi connectivity index (χ3v) is 8.20. The summed E-state index contributed by atoms with van der Waals surface area (Å²) in [4.78, 5) is 16.9. The van der Waals surface area contributed by atoms with Crippen LogP contribution in [0, 0.1) is 11.7 Å². The van der Waals surface area contributed by atoms with E-state index in [0.717, 1.165) is 0 Å². The molecule has 180 valence electrons. The fourth-order valence-corrected chi connectivity index (χ4v) is 6.06. The Morgan fingerprint density at radius 3 is 2.59 bits per heavy atom. The molecular formula is C23H26FN5O4S. The van der Waals surface area contributed by atoms with E-state index in [2.05, 4.69) is 10.2 Å². The van der Waals surface area contributed by atoms with E-state index in [1.807, 2.05) is 4.90 Å². The van der Waals surface area contributed by atoms with Gasteiger partial charge in [-0.25, -0.2) is 12.8 Å². The number of amides is 1. The highest BCUT2D eigenvalue weighted by atomic mass is 32.2. The minimum absolute atomic E-state index is 0.0503. The van der Waals surface area contributed by atoms with Crippen LogP contribution in [0.15, 0.2) is 58.2 Å². The number of aromatic nitrogens is 2. The van der Waals surface area contributed by atoms with Crippen molar-refractivity contribution in [2.45, 2.75) is 17.9 Å². The maximum absolute atomic E-state index is 14.1. The van der Waals surface area contributed by atoms with Crippen LogP contribution in [0.25, 0.3) is 11.5 Å². The Balaban J connectivity index is 1.23. The SMILES string of the molecule is O=C([C@@H]1CCCN(S(=O)(=O)c2ccc(-c3ccn[nH]3)o2)C1)N1CCN(c2ccccc2F)CC1. The first-order valence-electron chi connectivity index (χ1n) is 11.3. The van der Waals surface area contributed by atoms with E-state index >= 15 is 0 Å². The highest BCUT2D eigenvalue weighted by Crippen LogP contribution is 2.29. The van der Waals surface area contributed by atoms with Crippen LogP contribution in [-0.2, 0) is 14.8 Å². The number of piperidine rings is 1. The summed E-state index contributed by atoms with van der Waals surface area (Å²) in [6, 6.07) is 11.3. The van der Waals surface area contributed by atoms with Crippen molar-refractivity contribution in [2.75, 3.05) is 44.2 Å². The Kier molecular flexibility index (Phi) is 6.13. The molecule has 1 N–H and O–H groups in total. The number of aromatic amines is 1. The van der Waals surface area contributed by atoms with Crippen LogP contribution < -0.4 is 4.90 Å². The van der Waals surface area contributed by atoms with Crippen LogP contribution >= 0.6 is 0 Å². The predicted molar refractivity (Wildman–Crippen MR) is 123 cm³/mol. The van der Waals surface area contributed by atoms with Gasteiger partial charge >= 0.3 is 0 Å². The zero-order valence-corrected chi connectivity index (χ0v) is 19.4. The van der Waals surface area contributed by atoms with Gasteiger partial charge in [0.1, 0.15) is 11.5 Å². The van der Waals surface area contributed by atoms with Crippen molar-refractivity contribution < 1.29 is 22.0 Å². The molecule has 9 nitrogen and oxygen atoms in total. The van der Waals surface area contributed by atoms with Gasteiger partial charge in [-0.3, -0.25) is 9.89 Å². The van der Waals surface area contributed by atoms with E-state index in [1.54, 1.807) is 41.4 Å². The number of hydrogen-bond acceptors (Lipinski definition) is 6. The van der Waals surface area contributed by atoms with Crippen LogP contribution in [0.5, 0.6) is 0 Å². The maximum Gasteiger partial charge on any atom is 0.276 e. The zero-order chi connectivity index (χ0) is 23.7. The molecule has 0 unspecified atom stereocenters. The number of nitrogens with one attached hydrogen (secondary N) is 1. The van der Waals surface area contributed by atoms with Crippen molar-refractivity contribution in [3.63, 3.8) is 0 Å². The van der Waals surface area contributed by atoms with Gasteiger partial charge in [-0.2, -0.15) is 9.40 Å². The molecule has 2 aliphatic heterocycles. The molecule has 0 bridgehead atoms. The van der Waals surface area contributed by atoms with Gasteiger partial charge in [-0.15, -0.1) is 0 Å². The van der Waals surface area contributed by atoms with Crippen molar-refractivity contribution in [1.82, 2.24) is 19.4 Å². The summed E-state index contributed by atoms with van der Waals surface area (Å²) in [6.07, 6.45) is 2.79. The van der Waals surface area contributed by atoms with Gasteiger partial charge in [0.15, 0.2) is 5.76 Å². The number of carbonyl (C=O) groups excluding carboxylic acids is 1. The minimum atomic E-state index is -3.87. The molecule has 0 radical (unpaired) electrons. The second-order valence-corrected chi connectivity index (χ2v) is 10.4. The van der Waals surface area contributed by atoms with Gasteiger partial charge in [0.25, 0.3) is 10.0 Å². The normalized spacial score (nSPS) is 20.0. The number of halogens is 1. The Morgan fingerprint density at radius 1 is 1.06 bits per heavy atom. The molecule has 34 heavy (non-hydrogen) atoms. The van der Waals surface area contributed by atoms with E-state index in [-0.39, 0.29) is 23.4 Å². The molecule has 0 saturated carbocycles. The van der Waals surface area contributed by atoms with Crippen molar-refractivity contribution >= 4 is 21.6 Å². The lowest BCUT2D eigenvalue weighted by molar-refractivity contribution is -0.137. The number of sulfonamides is 1. The first-order chi connectivity index (χ1) is 16.4. The lowest BCUT2D eigenvalue weighted by Gasteiger charge is -2.39. The van der Waals surface area contributed by atoms with Crippen LogP contribution in [0.3, 0.4) is 0 Å². The number of rotatable bonds is 5. The first kappa shape index (κ1) is 22.6. The monoisotopic (exact) mass is 487 g/mol. The van der Waals surface area contributed by atoms with Crippen LogP contribution in [0.1, 0.15) is 12.8 Å². The second-order valence-electron chi connectivity index (χ2n) is 8.55. The van der Waals surface area contributed by atoms with Crippen molar-refractivity contribution in [2.24, 2.45) is 5.92 Å². The van der Waals surface area contributed by atoms with Gasteiger partial charge in [0.2, 0.25) is 11.0 Å². The molecule has 1 atom stereocenters. The lowest BCUT2D eigenvalue weighted by atomic mass is 9.97. The number of piperazine rings is 1. The molecule has 11 heteroatoms. The van der Waals surface area contributed by atoms with Crippen molar-refractivity contribution in [1.29, 1.82) is 0 Å². The molecule has 2 saturated heterocycles. The standard InChI is InChI=1S/C23H26FN5O4S/c24-18-5-1-2-6-20(18)27-12-14-28(15-13-27)23(30)17-4-3-11-29(16-17)34(31,32)22-8-7-21(33-22)19-9-10-25-26-19/h1-2,5-10,17H,3-4,11-16H2,(H,25,26)/t17-/m1/s1. The van der Waals surface area contributed by atoms with E-state index in [1.165, 1.54) is 16.4 Å². The highest BCUT2D eigenvalue weighted by molar-refractivity contribution is 7.89. The Labute approximate surface area is 197 Å². The predicted octanol–water partition coefficient (Wildman–Crippen LogP) is 2.56. The summed E-state index contributed by atoms with van der Waals surface area (Å²) in [5.41, 5.74) is 1.13. The summed E-state index contributed by atoms with van der Waals surface area (Å²) >= 11 is 0. The number of hydrogen-bond donors (Lipinski definition) is 1. The lowest BCUT2D eigenvalue weighted by Crippen LogP contribution is -2.53. The summed E-state index contributed by atoms with van der Waals surface area (Å²) in [6.45, 7) is 2.47. The quantitative estimate of drug-likeness (QED) is 0.594. The largest absolute Gasteiger partial charge is 0.442 e. The number of benzene rings is 1. The van der Waals surface area contributed by atoms with Crippen molar-refractivity contribution in [3.05, 3.63) is 54.5 Å². The number of H-pyrrole nitrogens is 1. The maximum atomic E-state index is 14.1. The fourth-order valence-electron chi connectivity index (χ4n) is 4.62. The molecular weight excluding hydrogens is 461 g/mol. The molecule has 1 aromatic carbocycles. The Hall–Kier alpha value is -3.18. The second kappa shape index (κ2) is 9.22. The van der Waals surface area contributed by atoms with E-state index in [9.17, 15) is 17.6 Å². The molecule has 4 heterocycles. The van der Waals surface area contributed by atoms with Gasteiger partial charge < -0.3 is 14.2 Å². The van der Waals surface area contributed by atoms with Gasteiger partial charge in [0, 0.05) is 45.5 Å². The minimum Gasteiger partial charge on any atom is -0.442 e. The first-order valence-corrected chi connectivity index (χ1v) is 12.8. The summed E-state index contributed by atoms with van der Waals surface area (Å²) in [7, 11) is -3.87. The average molecular weight is 488 g/mol. The van der Waals surface area contributed by atoms with Gasteiger partial charge in [-0.1, -0.05) is 12.1 Å². The Morgan fingerprint density at radius 2 is 1.85 bits per heavy atom. The van der Waals surface area contributed by atoms with Crippen LogP contribution in [-0.4, -0.2) is 73.0 Å². The summed E-state index contributed by atoms with van der Waals surface area (Å²) in [5, 5.41) is 6.45. The average Bonchev–Trinajstić information content (AvgIpc) is 3.57. The molecule has 2 fully saturated rings. The summed E-state index contributed by atoms with van der Waals surface area (Å²) in [5.74, 6) is -0.353. The topological polar surface area (TPSA) is 103 Å². The number of para-hydroxylation sites is 1. The molecule has 2 aliphatic rings. The molecule has 5 rings (SSSR count). The number of furan rings is 1. The highest BCUT2D eigenvalue weighted by Gasteiger charge is 2.37. The van der Waals surface area contributed by atoms with Crippen molar-refractivity contribution in [3.8, 4) is 11.5 Å². The zero-order valence-electron chi connectivity index (χ0n) is 18.6. The van der Waals surface area contributed by atoms with Gasteiger partial charge in [-0.05, 0) is 43.2 Å². The van der Waals surface area contributed by atoms with Crippen LogP contribution in [0.2, 0.25) is 0 Å². The van der Waals surface area contributed by atoms with E-state index in [0.29, 0.717) is 62.7 Å². The molecule has 0 aliphatic carbocycles.